The smallest absolute Gasteiger partial charge is 0.0302 e. The summed E-state index contributed by atoms with van der Waals surface area (Å²) in [5.74, 6) is 2.06. The van der Waals surface area contributed by atoms with Gasteiger partial charge in [-0.3, -0.25) is 0 Å². The van der Waals surface area contributed by atoms with Crippen LogP contribution in [0.3, 0.4) is 0 Å². The van der Waals surface area contributed by atoms with Gasteiger partial charge in [-0.1, -0.05) is 12.5 Å². The molecule has 0 aromatic carbocycles. The average Bonchev–Trinajstić information content (AvgIpc) is 2.91. The molecule has 1 aromatic rings. The lowest BCUT2D eigenvalue weighted by molar-refractivity contribution is 0.351. The molecule has 14 heavy (non-hydrogen) atoms. The van der Waals surface area contributed by atoms with Crippen LogP contribution in [0.15, 0.2) is 17.5 Å². The summed E-state index contributed by atoms with van der Waals surface area (Å²) in [4.78, 5) is 1.48. The van der Waals surface area contributed by atoms with Crippen molar-refractivity contribution < 1.29 is 0 Å². The van der Waals surface area contributed by atoms with E-state index in [1.807, 2.05) is 11.3 Å². The summed E-state index contributed by atoms with van der Waals surface area (Å²) in [5.41, 5.74) is 0. The largest absolute Gasteiger partial charge is 0.309 e. The fourth-order valence-corrected chi connectivity index (χ4v) is 3.80. The Morgan fingerprint density at radius 3 is 3.00 bits per heavy atom. The first-order chi connectivity index (χ1) is 6.92. The van der Waals surface area contributed by atoms with Gasteiger partial charge in [0.05, 0.1) is 0 Å². The first kappa shape index (κ1) is 8.93. The summed E-state index contributed by atoms with van der Waals surface area (Å²) >= 11 is 1.86. The van der Waals surface area contributed by atoms with Crippen LogP contribution in [0.4, 0.5) is 0 Å². The van der Waals surface area contributed by atoms with Crippen LogP contribution < -0.4 is 5.32 Å². The minimum Gasteiger partial charge on any atom is -0.309 e. The topological polar surface area (TPSA) is 12.0 Å². The van der Waals surface area contributed by atoms with Crippen LogP contribution >= 0.6 is 11.3 Å². The minimum atomic E-state index is 0.829. The highest BCUT2D eigenvalue weighted by Crippen LogP contribution is 2.44. The van der Waals surface area contributed by atoms with Gasteiger partial charge in [0.15, 0.2) is 0 Å². The summed E-state index contributed by atoms with van der Waals surface area (Å²) in [5, 5.41) is 5.89. The summed E-state index contributed by atoms with van der Waals surface area (Å²) in [6.45, 7) is 1.09. The Hall–Kier alpha value is -0.340. The quantitative estimate of drug-likeness (QED) is 0.803. The predicted octanol–water partition coefficient (Wildman–Crippen LogP) is 3.03. The highest BCUT2D eigenvalue weighted by atomic mass is 32.1. The van der Waals surface area contributed by atoms with E-state index >= 15 is 0 Å². The molecule has 0 aliphatic heterocycles. The molecule has 2 aliphatic carbocycles. The van der Waals surface area contributed by atoms with Gasteiger partial charge in [0.2, 0.25) is 0 Å². The summed E-state index contributed by atoms with van der Waals surface area (Å²) in [6, 6.07) is 5.20. The molecule has 2 heteroatoms. The Labute approximate surface area is 89.5 Å². The van der Waals surface area contributed by atoms with E-state index in [9.17, 15) is 0 Å². The number of fused-ring (bicyclic) bond motifs is 2. The van der Waals surface area contributed by atoms with Crippen LogP contribution in [0.2, 0.25) is 0 Å². The second kappa shape index (κ2) is 3.67. The van der Waals surface area contributed by atoms with Crippen molar-refractivity contribution in [3.63, 3.8) is 0 Å². The molecule has 0 spiro atoms. The number of hydrogen-bond acceptors (Lipinski definition) is 2. The van der Waals surface area contributed by atoms with E-state index in [2.05, 4.69) is 22.8 Å². The molecule has 1 aromatic heterocycles. The maximum Gasteiger partial charge on any atom is 0.0302 e. The van der Waals surface area contributed by atoms with Crippen molar-refractivity contribution in [1.82, 2.24) is 5.32 Å². The monoisotopic (exact) mass is 207 g/mol. The van der Waals surface area contributed by atoms with E-state index < -0.39 is 0 Å². The maximum atomic E-state index is 3.73. The SMILES string of the molecule is c1csc(CN[C@H]2C[C@H]3CC[C@H]2C3)c1. The average molecular weight is 207 g/mol. The molecule has 1 heterocycles. The van der Waals surface area contributed by atoms with Gasteiger partial charge in [-0.25, -0.2) is 0 Å². The fraction of sp³-hybridized carbons (Fsp3) is 0.667. The fourth-order valence-electron chi connectivity index (χ4n) is 3.14. The molecule has 2 fully saturated rings. The van der Waals surface area contributed by atoms with Crippen LogP contribution in [0.1, 0.15) is 30.6 Å². The van der Waals surface area contributed by atoms with E-state index in [1.54, 1.807) is 0 Å². The van der Waals surface area contributed by atoms with Crippen molar-refractivity contribution in [2.24, 2.45) is 11.8 Å². The van der Waals surface area contributed by atoms with Crippen molar-refractivity contribution in [2.75, 3.05) is 0 Å². The molecule has 3 atom stereocenters. The van der Waals surface area contributed by atoms with Gasteiger partial charge in [-0.05, 0) is 42.5 Å². The molecular formula is C12H17NS. The molecule has 1 N–H and O–H groups in total. The van der Waals surface area contributed by atoms with E-state index in [0.29, 0.717) is 0 Å². The third-order valence-corrected chi connectivity index (χ3v) is 4.73. The second-order valence-corrected chi connectivity index (χ2v) is 5.77. The maximum absolute atomic E-state index is 3.73. The van der Waals surface area contributed by atoms with Crippen molar-refractivity contribution in [1.29, 1.82) is 0 Å². The van der Waals surface area contributed by atoms with E-state index in [4.69, 9.17) is 0 Å². The van der Waals surface area contributed by atoms with Crippen LogP contribution in [0.5, 0.6) is 0 Å². The summed E-state index contributed by atoms with van der Waals surface area (Å²) < 4.78 is 0. The van der Waals surface area contributed by atoms with Gasteiger partial charge >= 0.3 is 0 Å². The third-order valence-electron chi connectivity index (χ3n) is 3.86. The zero-order valence-electron chi connectivity index (χ0n) is 8.41. The molecule has 76 valence electrons. The van der Waals surface area contributed by atoms with E-state index in [-0.39, 0.29) is 0 Å². The molecule has 2 aliphatic rings. The standard InChI is InChI=1S/C12H17NS/c1-2-11(14-5-1)8-13-12-7-9-3-4-10(12)6-9/h1-2,5,9-10,12-13H,3-4,6-8H2/t9-,10-,12-/m0/s1. The van der Waals surface area contributed by atoms with Gasteiger partial charge in [0, 0.05) is 17.5 Å². The van der Waals surface area contributed by atoms with Gasteiger partial charge < -0.3 is 5.32 Å². The Balaban J connectivity index is 1.54. The lowest BCUT2D eigenvalue weighted by Crippen LogP contribution is -2.33. The Morgan fingerprint density at radius 2 is 2.36 bits per heavy atom. The lowest BCUT2D eigenvalue weighted by Gasteiger charge is -2.22. The Bertz CT molecular complexity index is 293. The summed E-state index contributed by atoms with van der Waals surface area (Å²) in [6.07, 6.45) is 5.92. The predicted molar refractivity (Wildman–Crippen MR) is 60.4 cm³/mol. The van der Waals surface area contributed by atoms with Gasteiger partial charge in [-0.2, -0.15) is 0 Å². The van der Waals surface area contributed by atoms with E-state index in [0.717, 1.165) is 24.4 Å². The van der Waals surface area contributed by atoms with Crippen molar-refractivity contribution in [2.45, 2.75) is 38.3 Å². The Morgan fingerprint density at radius 1 is 1.36 bits per heavy atom. The van der Waals surface area contributed by atoms with Crippen LogP contribution in [-0.2, 0) is 6.54 Å². The number of hydrogen-bond donors (Lipinski definition) is 1. The molecule has 0 amide bonds. The van der Waals surface area contributed by atoms with Crippen LogP contribution in [0, 0.1) is 11.8 Å². The first-order valence-corrected chi connectivity index (χ1v) is 6.55. The normalized spacial score (nSPS) is 35.3. The van der Waals surface area contributed by atoms with Gasteiger partial charge in [-0.15, -0.1) is 11.3 Å². The van der Waals surface area contributed by atoms with E-state index in [1.165, 1.54) is 30.6 Å². The minimum absolute atomic E-state index is 0.829. The Kier molecular flexibility index (Phi) is 2.34. The highest BCUT2D eigenvalue weighted by molar-refractivity contribution is 7.09. The number of nitrogens with one attached hydrogen (secondary N) is 1. The highest BCUT2D eigenvalue weighted by Gasteiger charge is 2.38. The molecule has 3 rings (SSSR count). The molecule has 1 nitrogen and oxygen atoms in total. The third kappa shape index (κ3) is 1.61. The zero-order chi connectivity index (χ0) is 9.38. The molecule has 2 saturated carbocycles. The molecular weight excluding hydrogens is 190 g/mol. The molecule has 0 unspecified atom stereocenters. The lowest BCUT2D eigenvalue weighted by atomic mass is 9.95. The van der Waals surface area contributed by atoms with Gasteiger partial charge in [0.1, 0.15) is 0 Å². The summed E-state index contributed by atoms with van der Waals surface area (Å²) in [7, 11) is 0. The van der Waals surface area contributed by atoms with Crippen molar-refractivity contribution in [3.05, 3.63) is 22.4 Å². The number of rotatable bonds is 3. The zero-order valence-corrected chi connectivity index (χ0v) is 9.22. The van der Waals surface area contributed by atoms with Crippen molar-refractivity contribution >= 4 is 11.3 Å². The molecule has 0 radical (unpaired) electrons. The molecule has 0 saturated heterocycles. The number of thiophene rings is 1. The second-order valence-electron chi connectivity index (χ2n) is 4.74. The van der Waals surface area contributed by atoms with Gasteiger partial charge in [0.25, 0.3) is 0 Å². The van der Waals surface area contributed by atoms with Crippen LogP contribution in [0.25, 0.3) is 0 Å². The molecule has 2 bridgehead atoms. The van der Waals surface area contributed by atoms with Crippen LogP contribution in [-0.4, -0.2) is 6.04 Å². The first-order valence-electron chi connectivity index (χ1n) is 5.67. The van der Waals surface area contributed by atoms with Crippen molar-refractivity contribution in [3.8, 4) is 0 Å².